The van der Waals surface area contributed by atoms with Crippen molar-refractivity contribution in [2.24, 2.45) is 0 Å². The van der Waals surface area contributed by atoms with Gasteiger partial charge in [0, 0.05) is 5.69 Å². The molecule has 2 aromatic carbocycles. The van der Waals surface area contributed by atoms with E-state index < -0.39 is 0 Å². The quantitative estimate of drug-likeness (QED) is 0.847. The monoisotopic (exact) mass is 249 g/mol. The third kappa shape index (κ3) is 3.02. The van der Waals surface area contributed by atoms with Crippen LogP contribution in [0.1, 0.15) is 16.7 Å². The topological polar surface area (TPSA) is 82.8 Å². The first-order valence-electron chi connectivity index (χ1n) is 5.64. The Hall–Kier alpha value is -2.98. The van der Waals surface area contributed by atoms with Gasteiger partial charge in [-0.15, -0.1) is 0 Å². The van der Waals surface area contributed by atoms with Gasteiger partial charge in [-0.2, -0.15) is 10.5 Å². The van der Waals surface area contributed by atoms with Gasteiger partial charge in [-0.1, -0.05) is 12.1 Å². The zero-order chi connectivity index (χ0) is 13.7. The van der Waals surface area contributed by atoms with Crippen LogP contribution in [0.3, 0.4) is 0 Å². The van der Waals surface area contributed by atoms with Gasteiger partial charge in [-0.25, -0.2) is 0 Å². The Morgan fingerprint density at radius 3 is 2.37 bits per heavy atom. The fourth-order valence-corrected chi connectivity index (χ4v) is 1.60. The fraction of sp³-hybridized carbons (Fsp3) is 0.0667. The smallest absolute Gasteiger partial charge is 0.137 e. The number of nitrogens with two attached hydrogens (primary N) is 1. The zero-order valence-corrected chi connectivity index (χ0v) is 10.1. The molecule has 0 amide bonds. The van der Waals surface area contributed by atoms with Crippen molar-refractivity contribution in [3.63, 3.8) is 0 Å². The molecule has 2 N–H and O–H groups in total. The fourth-order valence-electron chi connectivity index (χ4n) is 1.60. The molecule has 0 radical (unpaired) electrons. The van der Waals surface area contributed by atoms with E-state index in [-0.39, 0.29) is 0 Å². The molecule has 2 rings (SSSR count). The maximum Gasteiger partial charge on any atom is 0.137 e. The second-order valence-corrected chi connectivity index (χ2v) is 3.96. The number of nitrogen functional groups attached to an aromatic ring is 1. The Morgan fingerprint density at radius 1 is 1.00 bits per heavy atom. The number of rotatable bonds is 3. The minimum absolute atomic E-state index is 0.338. The molecule has 4 nitrogen and oxygen atoms in total. The second kappa shape index (κ2) is 5.57. The van der Waals surface area contributed by atoms with Crippen molar-refractivity contribution in [2.45, 2.75) is 6.61 Å². The summed E-state index contributed by atoms with van der Waals surface area (Å²) < 4.78 is 5.58. The molecule has 0 aliphatic heterocycles. The molecule has 19 heavy (non-hydrogen) atoms. The normalized spacial score (nSPS) is 9.37. The Morgan fingerprint density at radius 2 is 1.74 bits per heavy atom. The number of benzene rings is 2. The van der Waals surface area contributed by atoms with Gasteiger partial charge in [0.15, 0.2) is 0 Å². The Kier molecular flexibility index (Phi) is 3.66. The van der Waals surface area contributed by atoms with Gasteiger partial charge in [0.2, 0.25) is 0 Å². The van der Waals surface area contributed by atoms with Crippen LogP contribution in [0.15, 0.2) is 42.5 Å². The molecule has 0 atom stereocenters. The van der Waals surface area contributed by atoms with Crippen LogP contribution in [0.2, 0.25) is 0 Å². The van der Waals surface area contributed by atoms with Gasteiger partial charge in [-0.05, 0) is 35.9 Å². The van der Waals surface area contributed by atoms with E-state index in [2.05, 4.69) is 6.07 Å². The molecule has 0 aliphatic rings. The summed E-state index contributed by atoms with van der Waals surface area (Å²) in [5, 5.41) is 17.7. The van der Waals surface area contributed by atoms with E-state index in [4.69, 9.17) is 21.0 Å². The van der Waals surface area contributed by atoms with E-state index in [0.717, 1.165) is 5.56 Å². The predicted molar refractivity (Wildman–Crippen MR) is 71.1 cm³/mol. The van der Waals surface area contributed by atoms with Crippen LogP contribution in [0, 0.1) is 22.7 Å². The van der Waals surface area contributed by atoms with Gasteiger partial charge >= 0.3 is 0 Å². The Balaban J connectivity index is 2.10. The summed E-state index contributed by atoms with van der Waals surface area (Å²) in [6.45, 7) is 0.338. The molecule has 0 bridgehead atoms. The summed E-state index contributed by atoms with van der Waals surface area (Å²) in [5.74, 6) is 0.501. The summed E-state index contributed by atoms with van der Waals surface area (Å²) in [5.41, 5.74) is 8.08. The lowest BCUT2D eigenvalue weighted by Gasteiger charge is -2.08. The molecule has 0 saturated carbocycles. The minimum Gasteiger partial charge on any atom is -0.488 e. The van der Waals surface area contributed by atoms with E-state index in [0.29, 0.717) is 29.2 Å². The first-order valence-corrected chi connectivity index (χ1v) is 5.64. The van der Waals surface area contributed by atoms with Gasteiger partial charge in [0.25, 0.3) is 0 Å². The van der Waals surface area contributed by atoms with Crippen LogP contribution in [0.4, 0.5) is 5.69 Å². The van der Waals surface area contributed by atoms with E-state index in [1.165, 1.54) is 0 Å². The predicted octanol–water partition coefficient (Wildman–Crippen LogP) is 2.59. The Bertz CT molecular complexity index is 663. The molecule has 4 heteroatoms. The van der Waals surface area contributed by atoms with Crippen molar-refractivity contribution in [1.29, 1.82) is 10.5 Å². The second-order valence-electron chi connectivity index (χ2n) is 3.96. The third-order valence-electron chi connectivity index (χ3n) is 2.60. The van der Waals surface area contributed by atoms with Gasteiger partial charge in [-0.3, -0.25) is 0 Å². The van der Waals surface area contributed by atoms with Crippen molar-refractivity contribution < 1.29 is 4.74 Å². The first kappa shape index (κ1) is 12.5. The zero-order valence-electron chi connectivity index (χ0n) is 10.1. The number of hydrogen-bond acceptors (Lipinski definition) is 4. The average molecular weight is 249 g/mol. The molecule has 0 saturated heterocycles. The molecule has 0 fully saturated rings. The molecule has 92 valence electrons. The van der Waals surface area contributed by atoms with Crippen LogP contribution in [-0.2, 0) is 6.61 Å². The molecular weight excluding hydrogens is 238 g/mol. The van der Waals surface area contributed by atoms with Gasteiger partial charge < -0.3 is 10.5 Å². The van der Waals surface area contributed by atoms with Crippen LogP contribution in [-0.4, -0.2) is 0 Å². The van der Waals surface area contributed by atoms with Crippen LogP contribution in [0.25, 0.3) is 0 Å². The molecular formula is C15H11N3O. The highest BCUT2D eigenvalue weighted by atomic mass is 16.5. The largest absolute Gasteiger partial charge is 0.488 e. The summed E-state index contributed by atoms with van der Waals surface area (Å²) in [6.07, 6.45) is 0. The van der Waals surface area contributed by atoms with Crippen LogP contribution >= 0.6 is 0 Å². The standard InChI is InChI=1S/C15H11N3O/c16-8-11-1-3-12(4-2-11)10-19-15-6-5-14(18)7-13(15)9-17/h1-7H,10,18H2. The summed E-state index contributed by atoms with van der Waals surface area (Å²) in [6, 6.07) is 16.1. The number of anilines is 1. The highest BCUT2D eigenvalue weighted by Gasteiger charge is 2.04. The van der Waals surface area contributed by atoms with E-state index in [1.54, 1.807) is 30.3 Å². The molecule has 0 spiro atoms. The highest BCUT2D eigenvalue weighted by Crippen LogP contribution is 2.21. The molecule has 0 aromatic heterocycles. The first-order chi connectivity index (χ1) is 9.22. The summed E-state index contributed by atoms with van der Waals surface area (Å²) in [4.78, 5) is 0. The average Bonchev–Trinajstić information content (AvgIpc) is 2.46. The minimum atomic E-state index is 0.338. The van der Waals surface area contributed by atoms with E-state index in [9.17, 15) is 0 Å². The Labute approximate surface area is 111 Å². The van der Waals surface area contributed by atoms with Gasteiger partial charge in [0.05, 0.1) is 17.2 Å². The van der Waals surface area contributed by atoms with Gasteiger partial charge in [0.1, 0.15) is 18.4 Å². The highest BCUT2D eigenvalue weighted by molar-refractivity contribution is 5.53. The van der Waals surface area contributed by atoms with E-state index >= 15 is 0 Å². The summed E-state index contributed by atoms with van der Waals surface area (Å²) >= 11 is 0. The van der Waals surface area contributed by atoms with E-state index in [1.807, 2.05) is 18.2 Å². The van der Waals surface area contributed by atoms with Crippen molar-refractivity contribution in [3.05, 3.63) is 59.2 Å². The number of ether oxygens (including phenoxy) is 1. The SMILES string of the molecule is N#Cc1ccc(COc2ccc(N)cc2C#N)cc1. The van der Waals surface area contributed by atoms with Crippen molar-refractivity contribution >= 4 is 5.69 Å². The lowest BCUT2D eigenvalue weighted by atomic mass is 10.1. The van der Waals surface area contributed by atoms with Crippen LogP contribution < -0.4 is 10.5 Å². The maximum absolute atomic E-state index is 8.99. The van der Waals surface area contributed by atoms with Crippen LogP contribution in [0.5, 0.6) is 5.75 Å². The van der Waals surface area contributed by atoms with Crippen molar-refractivity contribution in [1.82, 2.24) is 0 Å². The maximum atomic E-state index is 8.99. The molecule has 0 heterocycles. The third-order valence-corrected chi connectivity index (χ3v) is 2.60. The van der Waals surface area contributed by atoms with Crippen molar-refractivity contribution in [3.8, 4) is 17.9 Å². The molecule has 0 unspecified atom stereocenters. The van der Waals surface area contributed by atoms with Crippen molar-refractivity contribution in [2.75, 3.05) is 5.73 Å². The molecule has 0 aliphatic carbocycles. The lowest BCUT2D eigenvalue weighted by Crippen LogP contribution is -1.98. The molecule has 2 aromatic rings. The number of nitriles is 2. The summed E-state index contributed by atoms with van der Waals surface area (Å²) in [7, 11) is 0. The number of hydrogen-bond donors (Lipinski definition) is 1. The lowest BCUT2D eigenvalue weighted by molar-refractivity contribution is 0.305. The number of nitrogens with zero attached hydrogens (tertiary/aromatic N) is 2.